The minimum atomic E-state index is -0.334. The summed E-state index contributed by atoms with van der Waals surface area (Å²) in [5.74, 6) is 1.60. The van der Waals surface area contributed by atoms with Crippen LogP contribution >= 0.6 is 0 Å². The van der Waals surface area contributed by atoms with Crippen molar-refractivity contribution in [2.45, 2.75) is 27.7 Å². The fraction of sp³-hybridized carbons (Fsp3) is 0.0357. The lowest BCUT2D eigenvalue weighted by Crippen LogP contribution is -2.14. The average Bonchev–Trinajstić information content (AvgIpc) is 0.711. The highest BCUT2D eigenvalue weighted by Gasteiger charge is 2.32. The molecule has 584 valence electrons. The van der Waals surface area contributed by atoms with Gasteiger partial charge in [-0.15, -0.1) is 0 Å². The molecule has 0 unspecified atom stereocenters. The van der Waals surface area contributed by atoms with E-state index in [0.717, 1.165) is 188 Å². The zero-order valence-corrected chi connectivity index (χ0v) is 67.1. The third kappa shape index (κ3) is 12.9. The third-order valence-corrected chi connectivity index (χ3v) is 23.6. The summed E-state index contributed by atoms with van der Waals surface area (Å²) in [6.07, 6.45) is 0. The number of aryl methyl sites for hydroxylation is 4. The smallest absolute Gasteiger partial charge is 0.147 e. The van der Waals surface area contributed by atoms with Crippen LogP contribution in [0.25, 0.3) is 109 Å². The summed E-state index contributed by atoms with van der Waals surface area (Å²) in [6, 6.07) is 127. The summed E-state index contributed by atoms with van der Waals surface area (Å²) in [7, 11) is 0. The maximum absolute atomic E-state index is 16.8. The fourth-order valence-corrected chi connectivity index (χ4v) is 18.3. The van der Waals surface area contributed by atoms with E-state index in [9.17, 15) is 0 Å². The van der Waals surface area contributed by atoms with Crippen LogP contribution in [0.2, 0.25) is 0 Å². The lowest BCUT2D eigenvalue weighted by molar-refractivity contribution is 0.486. The minimum absolute atomic E-state index is 0.301. The van der Waals surface area contributed by atoms with Crippen LogP contribution in [0.4, 0.5) is 85.8 Å². The zero-order valence-electron chi connectivity index (χ0n) is 67.1. The van der Waals surface area contributed by atoms with E-state index < -0.39 is 0 Å². The van der Waals surface area contributed by atoms with E-state index in [-0.39, 0.29) is 23.3 Å². The van der Waals surface area contributed by atoms with E-state index in [1.54, 1.807) is 36.4 Å². The summed E-state index contributed by atoms with van der Waals surface area (Å²) in [4.78, 5) is 8.02. The first-order chi connectivity index (χ1) is 59.8. The molecule has 6 nitrogen and oxygen atoms in total. The van der Waals surface area contributed by atoms with Gasteiger partial charge < -0.3 is 29.1 Å². The number of rotatable bonds is 14. The number of halogens is 4. The summed E-state index contributed by atoms with van der Waals surface area (Å²) < 4.78 is 78.4. The molecule has 0 bridgehead atoms. The van der Waals surface area contributed by atoms with Crippen LogP contribution in [0.1, 0.15) is 22.3 Å². The van der Waals surface area contributed by atoms with Gasteiger partial charge in [-0.2, -0.15) is 0 Å². The largest absolute Gasteiger partial charge is 0.456 e. The third-order valence-electron chi connectivity index (χ3n) is 23.6. The lowest BCUT2D eigenvalue weighted by Gasteiger charge is -2.31. The van der Waals surface area contributed by atoms with Crippen LogP contribution in [0.3, 0.4) is 0 Å². The Kier molecular flexibility index (Phi) is 18.5. The maximum atomic E-state index is 16.8. The van der Waals surface area contributed by atoms with Crippen molar-refractivity contribution in [1.29, 1.82) is 0 Å². The van der Waals surface area contributed by atoms with Crippen LogP contribution < -0.4 is 29.1 Å². The monoisotopic (exact) mass is 1580 g/mol. The Hall–Kier alpha value is -15.5. The number of hydrogen-bond donors (Lipinski definition) is 0. The first kappa shape index (κ1) is 74.1. The topological polar surface area (TPSA) is 31.4 Å². The number of anilines is 12. The quantitative estimate of drug-likeness (QED) is 0.0797. The van der Waals surface area contributed by atoms with E-state index >= 15 is 17.6 Å². The first-order valence-corrected chi connectivity index (χ1v) is 40.9. The highest BCUT2D eigenvalue weighted by molar-refractivity contribution is 6.28. The molecule has 2 heterocycles. The van der Waals surface area contributed by atoms with Crippen molar-refractivity contribution < 1.29 is 27.0 Å². The molecule has 0 aromatic heterocycles. The number of ether oxygens (including phenoxy) is 2. The molecule has 20 aromatic carbocycles. The average molecular weight is 1590 g/mol. The van der Waals surface area contributed by atoms with Crippen LogP contribution in [0, 0.1) is 51.0 Å². The SMILES string of the molecule is Cc1ccc2c(N(c3ccccc3)c3c(F)cccc3-c3ccccc3)cc3c4cc(C)cc5c4c(cc3c2c1)-c1ccc(N(c2ccccc2)c2c(F)cccc2-c2ccccc2)cc1O5.Cc1ccc2c(N(c3ccccc3)c3ccccc3F)cc3c4cc(C)cc5c4c(cc3c2c1)-c1ccc(N(c2ccccc2)c2ccccc2F)cc1O5. The molecule has 0 N–H and O–H groups in total. The van der Waals surface area contributed by atoms with Crippen molar-refractivity contribution >= 4 is 133 Å². The second-order valence-corrected chi connectivity index (χ2v) is 31.5. The van der Waals surface area contributed by atoms with E-state index in [4.69, 9.17) is 9.47 Å². The van der Waals surface area contributed by atoms with E-state index in [1.165, 1.54) is 18.2 Å². The second kappa shape index (κ2) is 30.4. The van der Waals surface area contributed by atoms with Crippen LogP contribution in [0.5, 0.6) is 23.0 Å². The van der Waals surface area contributed by atoms with Crippen LogP contribution in [-0.4, -0.2) is 0 Å². The molecule has 0 atom stereocenters. The molecule has 0 amide bonds. The molecule has 10 heteroatoms. The molecule has 0 saturated heterocycles. The number of para-hydroxylation sites is 8. The Morgan fingerprint density at radius 1 is 0.189 bits per heavy atom. The highest BCUT2D eigenvalue weighted by Crippen LogP contribution is 2.58. The number of benzene rings is 20. The van der Waals surface area contributed by atoms with Gasteiger partial charge in [-0.25, -0.2) is 17.6 Å². The van der Waals surface area contributed by atoms with Gasteiger partial charge >= 0.3 is 0 Å². The van der Waals surface area contributed by atoms with Gasteiger partial charge in [-0.05, 0) is 250 Å². The van der Waals surface area contributed by atoms with Crippen molar-refractivity contribution in [2.75, 3.05) is 19.6 Å². The van der Waals surface area contributed by atoms with Gasteiger partial charge in [0.05, 0.1) is 39.8 Å². The van der Waals surface area contributed by atoms with Crippen molar-refractivity contribution in [1.82, 2.24) is 0 Å². The van der Waals surface area contributed by atoms with Gasteiger partial charge in [0.15, 0.2) is 0 Å². The molecule has 0 radical (unpaired) electrons. The Labute approximate surface area is 704 Å². The number of nitrogens with zero attached hydrogens (tertiary/aromatic N) is 4. The van der Waals surface area contributed by atoms with Gasteiger partial charge in [0.2, 0.25) is 0 Å². The highest BCUT2D eigenvalue weighted by atomic mass is 19.1. The molecule has 22 rings (SSSR count). The molecule has 0 saturated carbocycles. The zero-order chi connectivity index (χ0) is 82.4. The van der Waals surface area contributed by atoms with E-state index in [1.807, 2.05) is 245 Å². The van der Waals surface area contributed by atoms with Crippen LogP contribution in [0.15, 0.2) is 388 Å². The normalized spacial score (nSPS) is 11.7. The summed E-state index contributed by atoms with van der Waals surface area (Å²) in [6.45, 7) is 8.40. The van der Waals surface area contributed by atoms with Crippen molar-refractivity contribution in [3.05, 3.63) is 434 Å². The summed E-state index contributed by atoms with van der Waals surface area (Å²) in [5.41, 5.74) is 20.2. The molecule has 0 spiro atoms. The van der Waals surface area contributed by atoms with Crippen molar-refractivity contribution in [3.8, 4) is 67.5 Å². The fourth-order valence-electron chi connectivity index (χ4n) is 18.3. The number of hydrogen-bond acceptors (Lipinski definition) is 6. The van der Waals surface area contributed by atoms with Crippen molar-refractivity contribution in [2.24, 2.45) is 0 Å². The van der Waals surface area contributed by atoms with Crippen LogP contribution in [-0.2, 0) is 0 Å². The van der Waals surface area contributed by atoms with Gasteiger partial charge in [-0.1, -0.05) is 242 Å². The molecule has 0 fully saturated rings. The predicted molar refractivity (Wildman–Crippen MR) is 497 cm³/mol. The Morgan fingerprint density at radius 3 is 0.967 bits per heavy atom. The second-order valence-electron chi connectivity index (χ2n) is 31.5. The first-order valence-electron chi connectivity index (χ1n) is 40.9. The lowest BCUT2D eigenvalue weighted by atomic mass is 9.87. The standard InChI is InChI=1S/C62H42F2N2O.C50H34F2N2O/c1-39-29-31-48-50(33-39)51-37-54-49-32-30-45(65(43-21-11-5-12-22-43)61-46(25-15-27-55(61)63)41-17-7-3-8-18-41)36-58(49)67-59-35-40(2)34-53(60(54)59)52(51)38-57(48)66(44-23-13-6-14-24-44)62-47(26-16-28-56(62)64)42-19-9-4-10-20-42;1-31-21-23-36-38(25-31)39-29-42-37-24-22-35(53(33-13-5-3-6-14-33)45-19-11-9-17-43(45)51)28-48(37)55-49-27-32(2)26-41(50(42)49)40(39)30-47(36)54(34-15-7-4-8-16-34)46-20-12-10-18-44(46)52/h3-38H,1-2H3;3-30H,1-2H3. The summed E-state index contributed by atoms with van der Waals surface area (Å²) in [5, 5.41) is 12.5. The molecule has 0 aliphatic carbocycles. The maximum Gasteiger partial charge on any atom is 0.147 e. The molecular formula is C112H76F4N4O2. The van der Waals surface area contributed by atoms with Gasteiger partial charge in [-0.3, -0.25) is 0 Å². The number of fused-ring (bicyclic) bond motifs is 12. The molecule has 20 aromatic rings. The predicted octanol–water partition coefficient (Wildman–Crippen LogP) is 32.8. The molecular weight excluding hydrogens is 1510 g/mol. The molecule has 2 aliphatic rings. The van der Waals surface area contributed by atoms with Gasteiger partial charge in [0, 0.05) is 84.4 Å². The molecule has 122 heavy (non-hydrogen) atoms. The molecule has 2 aliphatic heterocycles. The minimum Gasteiger partial charge on any atom is -0.456 e. The van der Waals surface area contributed by atoms with Gasteiger partial charge in [0.25, 0.3) is 0 Å². The summed E-state index contributed by atoms with van der Waals surface area (Å²) >= 11 is 0. The van der Waals surface area contributed by atoms with E-state index in [2.05, 4.69) is 136 Å². The van der Waals surface area contributed by atoms with Crippen molar-refractivity contribution in [3.63, 3.8) is 0 Å². The van der Waals surface area contributed by atoms with E-state index in [0.29, 0.717) is 34.2 Å². The Balaban J connectivity index is 0.000000153. The Morgan fingerprint density at radius 2 is 0.525 bits per heavy atom. The van der Waals surface area contributed by atoms with Gasteiger partial charge in [0.1, 0.15) is 46.3 Å². The Bertz CT molecular complexity index is 7560.